The topological polar surface area (TPSA) is 23.6 Å². The third kappa shape index (κ3) is 4.37. The number of hydrogen-bond donors (Lipinski definition) is 0. The number of rotatable bonds is 6. The van der Waals surface area contributed by atoms with Gasteiger partial charge in [0.25, 0.3) is 0 Å². The van der Waals surface area contributed by atoms with Crippen LogP contribution in [0.1, 0.15) is 32.4 Å². The molecule has 3 nitrogen and oxygen atoms in total. The largest absolute Gasteiger partial charge is 0.342 e. The molecule has 0 aromatic heterocycles. The van der Waals surface area contributed by atoms with Crippen molar-refractivity contribution in [1.82, 2.24) is 9.80 Å². The maximum absolute atomic E-state index is 12.1. The van der Waals surface area contributed by atoms with E-state index in [4.69, 9.17) is 23.2 Å². The molecule has 0 saturated heterocycles. The molecule has 0 fully saturated rings. The molecule has 1 aromatic rings. The molecule has 0 N–H and O–H groups in total. The first-order valence-corrected chi connectivity index (χ1v) is 7.59. The third-order valence-electron chi connectivity index (χ3n) is 3.57. The van der Waals surface area contributed by atoms with E-state index in [0.717, 1.165) is 18.7 Å². The zero-order valence-corrected chi connectivity index (χ0v) is 14.0. The molecule has 0 aliphatic rings. The number of amides is 1. The van der Waals surface area contributed by atoms with Crippen molar-refractivity contribution in [1.29, 1.82) is 0 Å². The molecule has 0 aliphatic carbocycles. The monoisotopic (exact) mass is 316 g/mol. The maximum Gasteiger partial charge on any atom is 0.236 e. The first-order chi connectivity index (χ1) is 9.40. The number of benzene rings is 1. The zero-order valence-electron chi connectivity index (χ0n) is 12.5. The number of halogens is 2. The van der Waals surface area contributed by atoms with Crippen molar-refractivity contribution in [2.24, 2.45) is 0 Å². The Kier molecular flexibility index (Phi) is 6.80. The molecule has 0 spiro atoms. The summed E-state index contributed by atoms with van der Waals surface area (Å²) >= 11 is 12.1. The molecule has 1 aromatic carbocycles. The predicted molar refractivity (Wildman–Crippen MR) is 85.4 cm³/mol. The number of carbonyl (C=O) groups is 1. The Morgan fingerprint density at radius 2 is 1.85 bits per heavy atom. The van der Waals surface area contributed by atoms with E-state index in [2.05, 4.69) is 0 Å². The Morgan fingerprint density at radius 1 is 1.25 bits per heavy atom. The van der Waals surface area contributed by atoms with Gasteiger partial charge in [-0.15, -0.1) is 0 Å². The summed E-state index contributed by atoms with van der Waals surface area (Å²) in [5, 5.41) is 1.25. The Hall–Kier alpha value is -0.770. The van der Waals surface area contributed by atoms with Crippen LogP contribution in [0.25, 0.3) is 0 Å². The second-order valence-electron chi connectivity index (χ2n) is 4.82. The van der Waals surface area contributed by atoms with Crippen LogP contribution in [0.5, 0.6) is 0 Å². The molecule has 5 heteroatoms. The van der Waals surface area contributed by atoms with Gasteiger partial charge in [0.1, 0.15) is 0 Å². The lowest BCUT2D eigenvalue weighted by atomic mass is 10.1. The summed E-state index contributed by atoms with van der Waals surface area (Å²) < 4.78 is 0. The maximum atomic E-state index is 12.1. The van der Waals surface area contributed by atoms with Gasteiger partial charge in [-0.3, -0.25) is 9.69 Å². The SMILES string of the molecule is CCN(CC)C(=O)CN(C)[C@H](C)c1ccc(Cl)cc1Cl. The van der Waals surface area contributed by atoms with Gasteiger partial charge < -0.3 is 4.90 Å². The van der Waals surface area contributed by atoms with Crippen molar-refractivity contribution in [3.05, 3.63) is 33.8 Å². The zero-order chi connectivity index (χ0) is 15.3. The van der Waals surface area contributed by atoms with E-state index in [0.29, 0.717) is 16.6 Å². The van der Waals surface area contributed by atoms with E-state index in [1.807, 2.05) is 49.8 Å². The molecule has 0 radical (unpaired) electrons. The Labute approximate surface area is 131 Å². The summed E-state index contributed by atoms with van der Waals surface area (Å²) in [6.07, 6.45) is 0. The van der Waals surface area contributed by atoms with Crippen LogP contribution in [0.15, 0.2) is 18.2 Å². The number of likely N-dealkylation sites (N-methyl/N-ethyl adjacent to an activating group) is 2. The molecule has 0 heterocycles. The molecule has 1 amide bonds. The minimum Gasteiger partial charge on any atom is -0.342 e. The van der Waals surface area contributed by atoms with Crippen LogP contribution >= 0.6 is 23.2 Å². The molecular formula is C15H22Cl2N2O. The summed E-state index contributed by atoms with van der Waals surface area (Å²) in [6.45, 7) is 7.85. The van der Waals surface area contributed by atoms with Crippen LogP contribution in [-0.4, -0.2) is 42.4 Å². The van der Waals surface area contributed by atoms with Crippen LogP contribution in [0, 0.1) is 0 Å². The van der Waals surface area contributed by atoms with E-state index in [9.17, 15) is 4.79 Å². The van der Waals surface area contributed by atoms with Gasteiger partial charge in [0.05, 0.1) is 6.54 Å². The number of hydrogen-bond acceptors (Lipinski definition) is 2. The van der Waals surface area contributed by atoms with Gasteiger partial charge in [0.15, 0.2) is 0 Å². The van der Waals surface area contributed by atoms with Crippen LogP contribution in [0.2, 0.25) is 10.0 Å². The molecular weight excluding hydrogens is 295 g/mol. The average Bonchev–Trinajstić information content (AvgIpc) is 2.39. The summed E-state index contributed by atoms with van der Waals surface area (Å²) in [5.74, 6) is 0.134. The highest BCUT2D eigenvalue weighted by Gasteiger charge is 2.19. The highest BCUT2D eigenvalue weighted by Crippen LogP contribution is 2.28. The van der Waals surface area contributed by atoms with Crippen molar-refractivity contribution in [2.45, 2.75) is 26.8 Å². The van der Waals surface area contributed by atoms with Gasteiger partial charge in [-0.05, 0) is 45.5 Å². The summed E-state index contributed by atoms with van der Waals surface area (Å²) in [7, 11) is 1.93. The molecule has 0 saturated carbocycles. The molecule has 1 rings (SSSR count). The fourth-order valence-corrected chi connectivity index (χ4v) is 2.67. The molecule has 0 unspecified atom stereocenters. The van der Waals surface area contributed by atoms with E-state index in [-0.39, 0.29) is 11.9 Å². The first kappa shape index (κ1) is 17.3. The normalized spacial score (nSPS) is 12.6. The molecule has 112 valence electrons. The third-order valence-corrected chi connectivity index (χ3v) is 4.14. The molecule has 20 heavy (non-hydrogen) atoms. The Bertz CT molecular complexity index is 461. The number of carbonyl (C=O) groups excluding carboxylic acids is 1. The van der Waals surface area contributed by atoms with Gasteiger partial charge >= 0.3 is 0 Å². The van der Waals surface area contributed by atoms with Crippen molar-refractivity contribution in [2.75, 3.05) is 26.7 Å². The standard InChI is InChI=1S/C15H22Cl2N2O/c1-5-19(6-2)15(20)10-18(4)11(3)13-8-7-12(16)9-14(13)17/h7-9,11H,5-6,10H2,1-4H3/t11-/m1/s1. The lowest BCUT2D eigenvalue weighted by molar-refractivity contribution is -0.132. The van der Waals surface area contributed by atoms with Crippen LogP contribution in [0.4, 0.5) is 0 Å². The van der Waals surface area contributed by atoms with Crippen molar-refractivity contribution >= 4 is 29.1 Å². The van der Waals surface area contributed by atoms with Crippen LogP contribution < -0.4 is 0 Å². The quantitative estimate of drug-likeness (QED) is 0.795. The van der Waals surface area contributed by atoms with Crippen LogP contribution in [0.3, 0.4) is 0 Å². The van der Waals surface area contributed by atoms with Crippen molar-refractivity contribution < 1.29 is 4.79 Å². The van der Waals surface area contributed by atoms with Gasteiger partial charge in [0, 0.05) is 29.2 Å². The Morgan fingerprint density at radius 3 is 2.35 bits per heavy atom. The first-order valence-electron chi connectivity index (χ1n) is 6.83. The van der Waals surface area contributed by atoms with Gasteiger partial charge in [0.2, 0.25) is 5.91 Å². The number of nitrogens with zero attached hydrogens (tertiary/aromatic N) is 2. The van der Waals surface area contributed by atoms with E-state index in [1.165, 1.54) is 0 Å². The summed E-state index contributed by atoms with van der Waals surface area (Å²) in [4.78, 5) is 15.9. The minimum atomic E-state index is 0.0549. The van der Waals surface area contributed by atoms with Crippen molar-refractivity contribution in [3.8, 4) is 0 Å². The molecule has 1 atom stereocenters. The Balaban J connectivity index is 2.76. The molecule has 0 aliphatic heterocycles. The highest BCUT2D eigenvalue weighted by molar-refractivity contribution is 6.35. The second-order valence-corrected chi connectivity index (χ2v) is 5.67. The van der Waals surface area contributed by atoms with E-state index in [1.54, 1.807) is 6.07 Å². The van der Waals surface area contributed by atoms with Crippen LogP contribution in [-0.2, 0) is 4.79 Å². The average molecular weight is 317 g/mol. The lowest BCUT2D eigenvalue weighted by Crippen LogP contribution is -2.39. The fourth-order valence-electron chi connectivity index (χ4n) is 2.10. The fraction of sp³-hybridized carbons (Fsp3) is 0.533. The van der Waals surface area contributed by atoms with Gasteiger partial charge in [-0.2, -0.15) is 0 Å². The summed E-state index contributed by atoms with van der Waals surface area (Å²) in [5.41, 5.74) is 0.978. The second kappa shape index (κ2) is 7.87. The van der Waals surface area contributed by atoms with Crippen molar-refractivity contribution in [3.63, 3.8) is 0 Å². The summed E-state index contributed by atoms with van der Waals surface area (Å²) in [6, 6.07) is 5.52. The minimum absolute atomic E-state index is 0.0549. The molecule has 0 bridgehead atoms. The lowest BCUT2D eigenvalue weighted by Gasteiger charge is -2.28. The highest BCUT2D eigenvalue weighted by atomic mass is 35.5. The van der Waals surface area contributed by atoms with Gasteiger partial charge in [-0.25, -0.2) is 0 Å². The predicted octanol–water partition coefficient (Wildman–Crippen LogP) is 3.85. The van der Waals surface area contributed by atoms with E-state index < -0.39 is 0 Å². The smallest absolute Gasteiger partial charge is 0.236 e. The van der Waals surface area contributed by atoms with E-state index >= 15 is 0 Å². The van der Waals surface area contributed by atoms with Gasteiger partial charge in [-0.1, -0.05) is 29.3 Å².